The Morgan fingerprint density at radius 3 is 2.50 bits per heavy atom. The van der Waals surface area contributed by atoms with E-state index in [-0.39, 0.29) is 29.3 Å². The first-order chi connectivity index (χ1) is 11.0. The van der Waals surface area contributed by atoms with Crippen LogP contribution < -0.4 is 0 Å². The van der Waals surface area contributed by atoms with Crippen LogP contribution >= 0.6 is 0 Å². The van der Waals surface area contributed by atoms with Gasteiger partial charge in [-0.05, 0) is 32.6 Å². The minimum Gasteiger partial charge on any atom is -0.384 e. The maximum Gasteiger partial charge on any atom is 0.162 e. The quantitative estimate of drug-likeness (QED) is 0.674. The van der Waals surface area contributed by atoms with E-state index >= 15 is 0 Å². The molecule has 24 heavy (non-hydrogen) atoms. The fourth-order valence-corrected chi connectivity index (χ4v) is 4.29. The summed E-state index contributed by atoms with van der Waals surface area (Å²) in [4.78, 5) is 12.6. The molecule has 1 aliphatic carbocycles. The fourth-order valence-electron chi connectivity index (χ4n) is 2.50. The Hall–Kier alpha value is -1.21. The number of carbonyl (C=O) groups is 1. The molecule has 1 aromatic rings. The molecule has 2 rings (SSSR count). The van der Waals surface area contributed by atoms with E-state index in [0.717, 1.165) is 12.8 Å². The molecule has 1 aromatic heterocycles. The van der Waals surface area contributed by atoms with Gasteiger partial charge in [-0.15, -0.1) is 0 Å². The van der Waals surface area contributed by atoms with Gasteiger partial charge in [0.1, 0.15) is 10.5 Å². The molecule has 1 saturated carbocycles. The highest BCUT2D eigenvalue weighted by Gasteiger charge is 2.44. The summed E-state index contributed by atoms with van der Waals surface area (Å²) in [6.45, 7) is 7.34. The molecule has 0 unspecified atom stereocenters. The molecule has 136 valence electrons. The summed E-state index contributed by atoms with van der Waals surface area (Å²) in [5.41, 5.74) is 0.0882. The summed E-state index contributed by atoms with van der Waals surface area (Å²) < 4.78 is 34.1. The van der Waals surface area contributed by atoms with E-state index in [4.69, 9.17) is 9.26 Å². The lowest BCUT2D eigenvalue weighted by Crippen LogP contribution is -2.43. The number of sulfone groups is 1. The Morgan fingerprint density at radius 1 is 1.33 bits per heavy atom. The van der Waals surface area contributed by atoms with Crippen molar-refractivity contribution in [1.82, 2.24) is 5.16 Å². The summed E-state index contributed by atoms with van der Waals surface area (Å²) in [6.07, 6.45) is 1.82. The Morgan fingerprint density at radius 2 is 1.96 bits per heavy atom. The number of ether oxygens (including phenoxy) is 1. The minimum atomic E-state index is -3.47. The van der Waals surface area contributed by atoms with E-state index < -0.39 is 14.6 Å². The van der Waals surface area contributed by atoms with Crippen LogP contribution in [0.5, 0.6) is 0 Å². The van der Waals surface area contributed by atoms with Gasteiger partial charge in [0.15, 0.2) is 15.6 Å². The van der Waals surface area contributed by atoms with E-state index in [0.29, 0.717) is 18.1 Å². The fraction of sp³-hybridized carbons (Fsp3) is 0.765. The Labute approximate surface area is 143 Å². The SMILES string of the molecule is COCC(C)(C)c1cc(CC(=O)C(C)(C)S(=O)(=O)CC2CC2)no1. The van der Waals surface area contributed by atoms with Crippen LogP contribution in [0.3, 0.4) is 0 Å². The molecule has 0 radical (unpaired) electrons. The van der Waals surface area contributed by atoms with Crippen LogP contribution in [0.2, 0.25) is 0 Å². The van der Waals surface area contributed by atoms with Crippen LogP contribution in [0, 0.1) is 5.92 Å². The van der Waals surface area contributed by atoms with Crippen molar-refractivity contribution in [2.24, 2.45) is 5.92 Å². The van der Waals surface area contributed by atoms with E-state index in [1.165, 1.54) is 13.8 Å². The first-order valence-corrected chi connectivity index (χ1v) is 9.85. The lowest BCUT2D eigenvalue weighted by molar-refractivity contribution is -0.120. The van der Waals surface area contributed by atoms with Gasteiger partial charge in [-0.1, -0.05) is 19.0 Å². The third-order valence-corrected chi connectivity index (χ3v) is 7.37. The number of nitrogens with zero attached hydrogens (tertiary/aromatic N) is 1. The topological polar surface area (TPSA) is 86.5 Å². The third kappa shape index (κ3) is 4.06. The minimum absolute atomic E-state index is 0.0521. The maximum absolute atomic E-state index is 12.6. The number of Topliss-reactive ketones (excluding diaryl/α,β-unsaturated/α-hetero) is 1. The molecule has 0 aliphatic heterocycles. The van der Waals surface area contributed by atoms with Gasteiger partial charge in [0.05, 0.1) is 24.5 Å². The van der Waals surface area contributed by atoms with Crippen molar-refractivity contribution in [3.63, 3.8) is 0 Å². The highest BCUT2D eigenvalue weighted by molar-refractivity contribution is 7.93. The summed E-state index contributed by atoms with van der Waals surface area (Å²) >= 11 is 0. The third-order valence-electron chi connectivity index (χ3n) is 4.67. The maximum atomic E-state index is 12.6. The number of aromatic nitrogens is 1. The lowest BCUT2D eigenvalue weighted by Gasteiger charge is -2.23. The summed E-state index contributed by atoms with van der Waals surface area (Å²) in [7, 11) is -1.87. The van der Waals surface area contributed by atoms with Gasteiger partial charge in [-0.3, -0.25) is 4.79 Å². The van der Waals surface area contributed by atoms with Crippen LogP contribution in [-0.4, -0.2) is 43.6 Å². The van der Waals surface area contributed by atoms with Crippen LogP contribution in [0.25, 0.3) is 0 Å². The van der Waals surface area contributed by atoms with Gasteiger partial charge in [0.25, 0.3) is 0 Å². The molecule has 0 spiro atoms. The molecule has 0 saturated heterocycles. The molecule has 7 heteroatoms. The molecule has 1 aliphatic rings. The van der Waals surface area contributed by atoms with Gasteiger partial charge in [0, 0.05) is 18.6 Å². The molecular formula is C17H27NO5S. The second kappa shape index (κ2) is 6.59. The number of methoxy groups -OCH3 is 1. The Kier molecular flexibility index (Phi) is 5.25. The molecule has 0 amide bonds. The zero-order valence-electron chi connectivity index (χ0n) is 15.1. The predicted octanol–water partition coefficient (Wildman–Crippen LogP) is 2.31. The molecule has 0 atom stereocenters. The smallest absolute Gasteiger partial charge is 0.162 e. The van der Waals surface area contributed by atoms with E-state index in [1.807, 2.05) is 13.8 Å². The molecule has 0 bridgehead atoms. The van der Waals surface area contributed by atoms with E-state index in [1.54, 1.807) is 13.2 Å². The average Bonchev–Trinajstić information content (AvgIpc) is 3.12. The Balaban J connectivity index is 2.10. The molecule has 6 nitrogen and oxygen atoms in total. The lowest BCUT2D eigenvalue weighted by atomic mass is 9.91. The van der Waals surface area contributed by atoms with Crippen molar-refractivity contribution in [3.8, 4) is 0 Å². The van der Waals surface area contributed by atoms with Crippen molar-refractivity contribution in [2.45, 2.75) is 57.1 Å². The summed E-state index contributed by atoms with van der Waals surface area (Å²) in [5.74, 6) is 0.574. The highest BCUT2D eigenvalue weighted by atomic mass is 32.2. The second-order valence-electron chi connectivity index (χ2n) is 7.83. The van der Waals surface area contributed by atoms with Crippen LogP contribution in [-0.2, 0) is 31.2 Å². The zero-order valence-corrected chi connectivity index (χ0v) is 15.9. The van der Waals surface area contributed by atoms with E-state index in [9.17, 15) is 13.2 Å². The van der Waals surface area contributed by atoms with Crippen molar-refractivity contribution in [3.05, 3.63) is 17.5 Å². The molecule has 0 N–H and O–H groups in total. The zero-order chi connectivity index (χ0) is 18.2. The number of ketones is 1. The number of hydrogen-bond acceptors (Lipinski definition) is 6. The van der Waals surface area contributed by atoms with Gasteiger partial charge in [-0.25, -0.2) is 8.42 Å². The van der Waals surface area contributed by atoms with Crippen molar-refractivity contribution in [1.29, 1.82) is 0 Å². The number of carbonyl (C=O) groups excluding carboxylic acids is 1. The van der Waals surface area contributed by atoms with Crippen molar-refractivity contribution >= 4 is 15.6 Å². The van der Waals surface area contributed by atoms with Crippen molar-refractivity contribution in [2.75, 3.05) is 19.5 Å². The largest absolute Gasteiger partial charge is 0.384 e. The Bertz CT molecular complexity index is 698. The van der Waals surface area contributed by atoms with Gasteiger partial charge in [0.2, 0.25) is 0 Å². The van der Waals surface area contributed by atoms with Gasteiger partial charge < -0.3 is 9.26 Å². The normalized spacial score (nSPS) is 16.4. The molecule has 1 fully saturated rings. The van der Waals surface area contributed by atoms with Crippen LogP contribution in [0.4, 0.5) is 0 Å². The van der Waals surface area contributed by atoms with Crippen LogP contribution in [0.15, 0.2) is 10.6 Å². The highest BCUT2D eigenvalue weighted by Crippen LogP contribution is 2.34. The predicted molar refractivity (Wildman–Crippen MR) is 90.7 cm³/mol. The number of hydrogen-bond donors (Lipinski definition) is 0. The first kappa shape index (κ1) is 19.1. The van der Waals surface area contributed by atoms with Crippen LogP contribution in [0.1, 0.15) is 52.0 Å². The molecule has 0 aromatic carbocycles. The molecular weight excluding hydrogens is 330 g/mol. The van der Waals surface area contributed by atoms with Gasteiger partial charge in [-0.2, -0.15) is 0 Å². The van der Waals surface area contributed by atoms with Crippen molar-refractivity contribution < 1.29 is 22.5 Å². The monoisotopic (exact) mass is 357 g/mol. The number of rotatable bonds is 9. The summed E-state index contributed by atoms with van der Waals surface area (Å²) in [6, 6.07) is 1.71. The first-order valence-electron chi connectivity index (χ1n) is 8.20. The van der Waals surface area contributed by atoms with E-state index in [2.05, 4.69) is 5.16 Å². The average molecular weight is 357 g/mol. The molecule has 1 heterocycles. The summed E-state index contributed by atoms with van der Waals surface area (Å²) in [5, 5.41) is 3.93. The standard InChI is InChI=1S/C17H27NO5S/c1-16(2,11-22-5)15-9-13(18-23-15)8-14(19)17(3,4)24(20,21)10-12-6-7-12/h9,12H,6-8,10-11H2,1-5H3. The van der Waals surface area contributed by atoms with Gasteiger partial charge >= 0.3 is 0 Å². The second-order valence-corrected chi connectivity index (χ2v) is 10.4.